The molecule has 6 nitrogen and oxygen atoms in total. The predicted molar refractivity (Wildman–Crippen MR) is 89.5 cm³/mol. The van der Waals surface area contributed by atoms with Gasteiger partial charge in [0, 0.05) is 58.5 Å². The van der Waals surface area contributed by atoms with Gasteiger partial charge in [-0.25, -0.2) is 4.98 Å². The smallest absolute Gasteiger partial charge is 0.221 e. The topological polar surface area (TPSA) is 57.7 Å². The first kappa shape index (κ1) is 16.2. The lowest BCUT2D eigenvalue weighted by Gasteiger charge is -2.35. The van der Waals surface area contributed by atoms with Gasteiger partial charge in [-0.2, -0.15) is 0 Å². The number of pyridine rings is 1. The van der Waals surface area contributed by atoms with Crippen LogP contribution in [0.25, 0.3) is 0 Å². The fourth-order valence-electron chi connectivity index (χ4n) is 3.12. The Morgan fingerprint density at radius 1 is 1.30 bits per heavy atom. The molecule has 3 rings (SSSR count). The molecule has 1 unspecified atom stereocenters. The second-order valence-corrected chi connectivity index (χ2v) is 6.21. The van der Waals surface area contributed by atoms with Crippen LogP contribution in [0.3, 0.4) is 0 Å². The molecule has 1 N–H and O–H groups in total. The molecule has 2 aliphatic heterocycles. The third kappa shape index (κ3) is 4.91. The van der Waals surface area contributed by atoms with Crippen molar-refractivity contribution in [3.8, 4) is 0 Å². The van der Waals surface area contributed by atoms with Crippen LogP contribution in [0.2, 0.25) is 0 Å². The van der Waals surface area contributed by atoms with Crippen LogP contribution in [0.15, 0.2) is 24.4 Å². The van der Waals surface area contributed by atoms with E-state index in [-0.39, 0.29) is 12.0 Å². The summed E-state index contributed by atoms with van der Waals surface area (Å²) >= 11 is 0. The molecule has 1 atom stereocenters. The maximum atomic E-state index is 11.9. The number of nitrogens with one attached hydrogen (secondary N) is 1. The zero-order valence-electron chi connectivity index (χ0n) is 13.6. The average molecular weight is 318 g/mol. The maximum Gasteiger partial charge on any atom is 0.221 e. The van der Waals surface area contributed by atoms with Gasteiger partial charge in [0.05, 0.1) is 6.10 Å². The molecule has 0 aliphatic carbocycles. The van der Waals surface area contributed by atoms with Crippen molar-refractivity contribution in [2.45, 2.75) is 25.4 Å². The SMILES string of the molecule is O=C(CCN1CCN(c2ccccn2)CC1)NCC1CCCO1. The predicted octanol–water partition coefficient (Wildman–Crippen LogP) is 0.889. The number of anilines is 1. The summed E-state index contributed by atoms with van der Waals surface area (Å²) in [5.74, 6) is 1.18. The fourth-order valence-corrected chi connectivity index (χ4v) is 3.12. The molecular weight excluding hydrogens is 292 g/mol. The Hall–Kier alpha value is -1.66. The molecule has 0 radical (unpaired) electrons. The molecule has 126 valence electrons. The number of carbonyl (C=O) groups excluding carboxylic acids is 1. The van der Waals surface area contributed by atoms with Crippen molar-refractivity contribution in [2.24, 2.45) is 0 Å². The van der Waals surface area contributed by atoms with Crippen LogP contribution in [0.4, 0.5) is 5.82 Å². The molecule has 6 heteroatoms. The summed E-state index contributed by atoms with van der Waals surface area (Å²) in [6.07, 6.45) is 4.80. The zero-order valence-corrected chi connectivity index (χ0v) is 13.6. The molecular formula is C17H26N4O2. The third-order valence-electron chi connectivity index (χ3n) is 4.55. The van der Waals surface area contributed by atoms with Crippen LogP contribution in [0, 0.1) is 0 Å². The van der Waals surface area contributed by atoms with Gasteiger partial charge >= 0.3 is 0 Å². The van der Waals surface area contributed by atoms with E-state index < -0.39 is 0 Å². The van der Waals surface area contributed by atoms with E-state index in [0.717, 1.165) is 58.0 Å². The van der Waals surface area contributed by atoms with E-state index in [1.807, 2.05) is 24.4 Å². The minimum Gasteiger partial charge on any atom is -0.376 e. The summed E-state index contributed by atoms with van der Waals surface area (Å²) in [5, 5.41) is 2.99. The van der Waals surface area contributed by atoms with Crippen LogP contribution in [0.1, 0.15) is 19.3 Å². The number of hydrogen-bond donors (Lipinski definition) is 1. The highest BCUT2D eigenvalue weighted by atomic mass is 16.5. The third-order valence-corrected chi connectivity index (χ3v) is 4.55. The van der Waals surface area contributed by atoms with Gasteiger partial charge in [-0.3, -0.25) is 9.69 Å². The molecule has 3 heterocycles. The van der Waals surface area contributed by atoms with E-state index in [2.05, 4.69) is 20.1 Å². The average Bonchev–Trinajstić information content (AvgIpc) is 3.13. The Morgan fingerprint density at radius 2 is 2.17 bits per heavy atom. The highest BCUT2D eigenvalue weighted by Gasteiger charge is 2.19. The summed E-state index contributed by atoms with van der Waals surface area (Å²) < 4.78 is 5.52. The summed E-state index contributed by atoms with van der Waals surface area (Å²) in [6.45, 7) is 6.22. The molecule has 2 saturated heterocycles. The van der Waals surface area contributed by atoms with Gasteiger partial charge in [-0.1, -0.05) is 6.07 Å². The van der Waals surface area contributed by atoms with Crippen molar-refractivity contribution in [1.29, 1.82) is 0 Å². The molecule has 0 spiro atoms. The lowest BCUT2D eigenvalue weighted by molar-refractivity contribution is -0.121. The standard InChI is InChI=1S/C17H26N4O2/c22-17(19-14-15-4-3-13-23-15)6-8-20-9-11-21(12-10-20)16-5-1-2-7-18-16/h1-2,5,7,15H,3-4,6,8-14H2,(H,19,22). The van der Waals surface area contributed by atoms with E-state index in [1.54, 1.807) is 0 Å². The number of rotatable bonds is 6. The molecule has 1 amide bonds. The molecule has 0 bridgehead atoms. The van der Waals surface area contributed by atoms with Gasteiger partial charge < -0.3 is 15.0 Å². The lowest BCUT2D eigenvalue weighted by Crippen LogP contribution is -2.47. The maximum absolute atomic E-state index is 11.9. The van der Waals surface area contributed by atoms with Crippen LogP contribution in [0.5, 0.6) is 0 Å². The van der Waals surface area contributed by atoms with Crippen molar-refractivity contribution >= 4 is 11.7 Å². The lowest BCUT2D eigenvalue weighted by atomic mass is 10.2. The number of hydrogen-bond acceptors (Lipinski definition) is 5. The Kier molecular flexibility index (Phi) is 5.82. The monoisotopic (exact) mass is 318 g/mol. The van der Waals surface area contributed by atoms with Gasteiger partial charge in [-0.05, 0) is 25.0 Å². The van der Waals surface area contributed by atoms with E-state index in [1.165, 1.54) is 0 Å². The van der Waals surface area contributed by atoms with Crippen molar-refractivity contribution in [3.63, 3.8) is 0 Å². The molecule has 2 fully saturated rings. The number of carbonyl (C=O) groups is 1. The van der Waals surface area contributed by atoms with Crippen LogP contribution < -0.4 is 10.2 Å². The first-order chi connectivity index (χ1) is 11.3. The van der Waals surface area contributed by atoms with Gasteiger partial charge in [-0.15, -0.1) is 0 Å². The van der Waals surface area contributed by atoms with Crippen molar-refractivity contribution in [1.82, 2.24) is 15.2 Å². The first-order valence-corrected chi connectivity index (χ1v) is 8.58. The van der Waals surface area contributed by atoms with Gasteiger partial charge in [0.2, 0.25) is 5.91 Å². The minimum atomic E-state index is 0.132. The van der Waals surface area contributed by atoms with E-state index in [0.29, 0.717) is 13.0 Å². The quantitative estimate of drug-likeness (QED) is 0.844. The van der Waals surface area contributed by atoms with Crippen molar-refractivity contribution < 1.29 is 9.53 Å². The molecule has 0 saturated carbocycles. The van der Waals surface area contributed by atoms with Crippen LogP contribution >= 0.6 is 0 Å². The van der Waals surface area contributed by atoms with E-state index in [4.69, 9.17) is 4.74 Å². The highest BCUT2D eigenvalue weighted by molar-refractivity contribution is 5.76. The van der Waals surface area contributed by atoms with E-state index in [9.17, 15) is 4.79 Å². The Labute approximate surface area is 137 Å². The molecule has 0 aromatic carbocycles. The number of amides is 1. The van der Waals surface area contributed by atoms with Crippen molar-refractivity contribution in [3.05, 3.63) is 24.4 Å². The minimum absolute atomic E-state index is 0.132. The summed E-state index contributed by atoms with van der Waals surface area (Å²) in [4.78, 5) is 21.0. The van der Waals surface area contributed by atoms with E-state index >= 15 is 0 Å². The van der Waals surface area contributed by atoms with Gasteiger partial charge in [0.25, 0.3) is 0 Å². The Balaban J connectivity index is 1.32. The van der Waals surface area contributed by atoms with Crippen LogP contribution in [-0.4, -0.2) is 67.8 Å². The summed E-state index contributed by atoms with van der Waals surface area (Å²) in [6, 6.07) is 6.01. The fraction of sp³-hybridized carbons (Fsp3) is 0.647. The summed E-state index contributed by atoms with van der Waals surface area (Å²) in [7, 11) is 0. The second kappa shape index (κ2) is 8.26. The van der Waals surface area contributed by atoms with Gasteiger partial charge in [0.15, 0.2) is 0 Å². The molecule has 2 aliphatic rings. The van der Waals surface area contributed by atoms with Gasteiger partial charge in [0.1, 0.15) is 5.82 Å². The number of aromatic nitrogens is 1. The Bertz CT molecular complexity index is 483. The normalized spacial score (nSPS) is 22.3. The van der Waals surface area contributed by atoms with Crippen LogP contribution in [-0.2, 0) is 9.53 Å². The number of piperazine rings is 1. The largest absolute Gasteiger partial charge is 0.376 e. The zero-order chi connectivity index (χ0) is 15.9. The molecule has 23 heavy (non-hydrogen) atoms. The summed E-state index contributed by atoms with van der Waals surface area (Å²) in [5.41, 5.74) is 0. The number of ether oxygens (including phenoxy) is 1. The molecule has 1 aromatic rings. The second-order valence-electron chi connectivity index (χ2n) is 6.21. The van der Waals surface area contributed by atoms with Crippen molar-refractivity contribution in [2.75, 3.05) is 50.8 Å². The Morgan fingerprint density at radius 3 is 2.87 bits per heavy atom. The molecule has 1 aromatic heterocycles. The first-order valence-electron chi connectivity index (χ1n) is 8.58. The highest BCUT2D eigenvalue weighted by Crippen LogP contribution is 2.13. The number of nitrogens with zero attached hydrogens (tertiary/aromatic N) is 3.